The standard InChI is InChI=1S/C14H16BrNO/c1-10-7-8-14(13(15)9-10)16(11(2)17)12-5-3-4-6-12/h3,5,7-9,12H,4,6H2,1-2H3. The van der Waals surface area contributed by atoms with Crippen molar-refractivity contribution in [2.75, 3.05) is 4.90 Å². The first kappa shape index (κ1) is 12.4. The lowest BCUT2D eigenvalue weighted by molar-refractivity contribution is -0.116. The smallest absolute Gasteiger partial charge is 0.224 e. The van der Waals surface area contributed by atoms with Gasteiger partial charge in [-0.2, -0.15) is 0 Å². The van der Waals surface area contributed by atoms with E-state index in [1.54, 1.807) is 6.92 Å². The summed E-state index contributed by atoms with van der Waals surface area (Å²) in [5.74, 6) is 0.0890. The van der Waals surface area contributed by atoms with Crippen LogP contribution in [0, 0.1) is 6.92 Å². The fourth-order valence-electron chi connectivity index (χ4n) is 2.22. The minimum atomic E-state index is 0.0890. The molecular formula is C14H16BrNO. The van der Waals surface area contributed by atoms with Crippen molar-refractivity contribution < 1.29 is 4.79 Å². The van der Waals surface area contributed by atoms with Crippen LogP contribution in [0.4, 0.5) is 5.69 Å². The Morgan fingerprint density at radius 2 is 2.24 bits per heavy atom. The Morgan fingerprint density at radius 1 is 1.47 bits per heavy atom. The van der Waals surface area contributed by atoms with E-state index >= 15 is 0 Å². The SMILES string of the molecule is CC(=O)N(c1ccc(C)cc1Br)C1C=CCC1. The highest BCUT2D eigenvalue weighted by atomic mass is 79.9. The molecule has 1 atom stereocenters. The molecule has 3 heteroatoms. The van der Waals surface area contributed by atoms with Crippen molar-refractivity contribution in [2.45, 2.75) is 32.7 Å². The second-order valence-electron chi connectivity index (χ2n) is 4.42. The molecule has 0 saturated carbocycles. The molecule has 0 bridgehead atoms. The fraction of sp³-hybridized carbons (Fsp3) is 0.357. The van der Waals surface area contributed by atoms with Gasteiger partial charge in [-0.15, -0.1) is 0 Å². The van der Waals surface area contributed by atoms with Gasteiger partial charge in [0, 0.05) is 11.4 Å². The topological polar surface area (TPSA) is 20.3 Å². The predicted molar refractivity (Wildman–Crippen MR) is 74.2 cm³/mol. The zero-order valence-electron chi connectivity index (χ0n) is 10.1. The number of hydrogen-bond acceptors (Lipinski definition) is 1. The van der Waals surface area contributed by atoms with Crippen LogP contribution >= 0.6 is 15.9 Å². The van der Waals surface area contributed by atoms with E-state index < -0.39 is 0 Å². The normalized spacial score (nSPS) is 18.4. The Labute approximate surface area is 110 Å². The Kier molecular flexibility index (Phi) is 3.67. The number of carbonyl (C=O) groups excluding carboxylic acids is 1. The predicted octanol–water partition coefficient (Wildman–Crippen LogP) is 3.83. The third kappa shape index (κ3) is 2.60. The largest absolute Gasteiger partial charge is 0.305 e. The van der Waals surface area contributed by atoms with Crippen molar-refractivity contribution in [3.05, 3.63) is 40.4 Å². The van der Waals surface area contributed by atoms with Gasteiger partial charge >= 0.3 is 0 Å². The molecule has 2 nitrogen and oxygen atoms in total. The molecule has 0 aromatic heterocycles. The molecule has 90 valence electrons. The van der Waals surface area contributed by atoms with Gasteiger partial charge < -0.3 is 4.90 Å². The van der Waals surface area contributed by atoms with E-state index in [1.165, 1.54) is 5.56 Å². The number of anilines is 1. The molecule has 1 amide bonds. The molecular weight excluding hydrogens is 278 g/mol. The number of hydrogen-bond donors (Lipinski definition) is 0. The highest BCUT2D eigenvalue weighted by Gasteiger charge is 2.23. The average Bonchev–Trinajstić information content (AvgIpc) is 2.74. The number of aryl methyl sites for hydroxylation is 1. The molecule has 17 heavy (non-hydrogen) atoms. The van der Waals surface area contributed by atoms with Crippen LogP contribution in [0.3, 0.4) is 0 Å². The summed E-state index contributed by atoms with van der Waals surface area (Å²) in [6.07, 6.45) is 6.33. The minimum Gasteiger partial charge on any atom is -0.305 e. The first-order valence-corrected chi connectivity index (χ1v) is 6.61. The molecule has 0 saturated heterocycles. The molecule has 0 spiro atoms. The van der Waals surface area contributed by atoms with Gasteiger partial charge in [-0.25, -0.2) is 0 Å². The first-order valence-electron chi connectivity index (χ1n) is 5.82. The Morgan fingerprint density at radius 3 is 2.76 bits per heavy atom. The molecule has 0 fully saturated rings. The molecule has 0 aliphatic heterocycles. The highest BCUT2D eigenvalue weighted by Crippen LogP contribution is 2.31. The maximum absolute atomic E-state index is 11.8. The number of amides is 1. The monoisotopic (exact) mass is 293 g/mol. The third-order valence-electron chi connectivity index (χ3n) is 3.02. The summed E-state index contributed by atoms with van der Waals surface area (Å²) in [5.41, 5.74) is 2.14. The van der Waals surface area contributed by atoms with Gasteiger partial charge in [-0.05, 0) is 53.4 Å². The quantitative estimate of drug-likeness (QED) is 0.759. The number of nitrogens with zero attached hydrogens (tertiary/aromatic N) is 1. The van der Waals surface area contributed by atoms with Crippen molar-refractivity contribution in [2.24, 2.45) is 0 Å². The van der Waals surface area contributed by atoms with E-state index in [0.717, 1.165) is 23.0 Å². The van der Waals surface area contributed by atoms with Crippen molar-refractivity contribution in [3.8, 4) is 0 Å². The summed E-state index contributed by atoms with van der Waals surface area (Å²) in [5, 5.41) is 0. The summed E-state index contributed by atoms with van der Waals surface area (Å²) in [7, 11) is 0. The summed E-state index contributed by atoms with van der Waals surface area (Å²) < 4.78 is 0.980. The van der Waals surface area contributed by atoms with Crippen molar-refractivity contribution >= 4 is 27.5 Å². The lowest BCUT2D eigenvalue weighted by Gasteiger charge is -2.28. The Bertz CT molecular complexity index is 467. The molecule has 1 aromatic rings. The maximum atomic E-state index is 11.8. The van der Waals surface area contributed by atoms with Crippen molar-refractivity contribution in [1.82, 2.24) is 0 Å². The van der Waals surface area contributed by atoms with Crippen LogP contribution in [-0.4, -0.2) is 11.9 Å². The summed E-state index contributed by atoms with van der Waals surface area (Å²) in [6, 6.07) is 6.29. The van der Waals surface area contributed by atoms with Crippen LogP contribution in [-0.2, 0) is 4.79 Å². The second kappa shape index (κ2) is 5.05. The van der Waals surface area contributed by atoms with Gasteiger partial charge in [-0.1, -0.05) is 18.2 Å². The van der Waals surface area contributed by atoms with E-state index in [4.69, 9.17) is 0 Å². The van der Waals surface area contributed by atoms with E-state index in [1.807, 2.05) is 30.0 Å². The average molecular weight is 294 g/mol. The zero-order chi connectivity index (χ0) is 12.4. The van der Waals surface area contributed by atoms with Crippen molar-refractivity contribution in [1.29, 1.82) is 0 Å². The minimum absolute atomic E-state index is 0.0890. The van der Waals surface area contributed by atoms with Gasteiger partial charge in [0.1, 0.15) is 0 Å². The number of allylic oxidation sites excluding steroid dienone is 1. The van der Waals surface area contributed by atoms with E-state index in [2.05, 4.69) is 28.1 Å². The van der Waals surface area contributed by atoms with E-state index in [9.17, 15) is 4.79 Å². The maximum Gasteiger partial charge on any atom is 0.224 e. The highest BCUT2D eigenvalue weighted by molar-refractivity contribution is 9.10. The van der Waals surface area contributed by atoms with Crippen LogP contribution in [0.1, 0.15) is 25.3 Å². The molecule has 1 unspecified atom stereocenters. The Hall–Kier alpha value is -1.09. The third-order valence-corrected chi connectivity index (χ3v) is 3.66. The number of carbonyl (C=O) groups is 1. The van der Waals surface area contributed by atoms with E-state index in [0.29, 0.717) is 0 Å². The lowest BCUT2D eigenvalue weighted by Crippen LogP contribution is -2.37. The van der Waals surface area contributed by atoms with Gasteiger partial charge in [0.15, 0.2) is 0 Å². The van der Waals surface area contributed by atoms with Crippen LogP contribution in [0.5, 0.6) is 0 Å². The van der Waals surface area contributed by atoms with Crippen LogP contribution in [0.2, 0.25) is 0 Å². The fourth-order valence-corrected chi connectivity index (χ4v) is 2.91. The van der Waals surface area contributed by atoms with Crippen molar-refractivity contribution in [3.63, 3.8) is 0 Å². The first-order chi connectivity index (χ1) is 8.09. The zero-order valence-corrected chi connectivity index (χ0v) is 11.7. The molecule has 0 radical (unpaired) electrons. The van der Waals surface area contributed by atoms with Crippen LogP contribution < -0.4 is 4.90 Å². The summed E-state index contributed by atoms with van der Waals surface area (Å²) in [4.78, 5) is 13.7. The summed E-state index contributed by atoms with van der Waals surface area (Å²) >= 11 is 3.55. The molecule has 0 heterocycles. The Balaban J connectivity index is 2.38. The molecule has 1 aromatic carbocycles. The van der Waals surface area contributed by atoms with Gasteiger partial charge in [0.25, 0.3) is 0 Å². The number of halogens is 1. The second-order valence-corrected chi connectivity index (χ2v) is 5.27. The number of rotatable bonds is 2. The number of benzene rings is 1. The van der Waals surface area contributed by atoms with Crippen LogP contribution in [0.25, 0.3) is 0 Å². The molecule has 2 rings (SSSR count). The molecule has 1 aliphatic carbocycles. The molecule has 0 N–H and O–H groups in total. The van der Waals surface area contributed by atoms with Gasteiger partial charge in [0.05, 0.1) is 11.7 Å². The van der Waals surface area contributed by atoms with E-state index in [-0.39, 0.29) is 11.9 Å². The van der Waals surface area contributed by atoms with Crippen LogP contribution in [0.15, 0.2) is 34.8 Å². The van der Waals surface area contributed by atoms with Gasteiger partial charge in [-0.3, -0.25) is 4.79 Å². The van der Waals surface area contributed by atoms with Gasteiger partial charge in [0.2, 0.25) is 5.91 Å². The molecule has 1 aliphatic rings. The lowest BCUT2D eigenvalue weighted by atomic mass is 10.1. The summed E-state index contributed by atoms with van der Waals surface area (Å²) in [6.45, 7) is 3.67.